The van der Waals surface area contributed by atoms with Crippen molar-refractivity contribution < 1.29 is 9.90 Å². The van der Waals surface area contributed by atoms with E-state index in [1.807, 2.05) is 0 Å². The molecule has 2 aliphatic rings. The van der Waals surface area contributed by atoms with Gasteiger partial charge in [0.2, 0.25) is 0 Å². The standard InChI is InChI=1S/C12H23N3O2/c1-10(12(16)17)14-6-2-11(3-7-14)15-8-4-13-5-9-15/h10-11,13H,2-9H2,1H3,(H,16,17). The van der Waals surface area contributed by atoms with Crippen LogP contribution in [0.15, 0.2) is 0 Å². The summed E-state index contributed by atoms with van der Waals surface area (Å²) in [6.45, 7) is 8.08. The van der Waals surface area contributed by atoms with E-state index < -0.39 is 5.97 Å². The van der Waals surface area contributed by atoms with Crippen molar-refractivity contribution in [3.8, 4) is 0 Å². The predicted octanol–water partition coefficient (Wildman–Crippen LogP) is -0.171. The highest BCUT2D eigenvalue weighted by molar-refractivity contribution is 5.72. The van der Waals surface area contributed by atoms with E-state index in [1.165, 1.54) is 0 Å². The Bertz CT molecular complexity index is 258. The van der Waals surface area contributed by atoms with Crippen LogP contribution in [0.25, 0.3) is 0 Å². The van der Waals surface area contributed by atoms with Crippen molar-refractivity contribution in [1.29, 1.82) is 0 Å². The zero-order valence-electron chi connectivity index (χ0n) is 10.6. The molecule has 0 aliphatic carbocycles. The van der Waals surface area contributed by atoms with Crippen molar-refractivity contribution in [3.05, 3.63) is 0 Å². The molecule has 98 valence electrons. The molecular weight excluding hydrogens is 218 g/mol. The van der Waals surface area contributed by atoms with Crippen LogP contribution in [0.4, 0.5) is 0 Å². The van der Waals surface area contributed by atoms with Gasteiger partial charge in [-0.25, -0.2) is 0 Å². The van der Waals surface area contributed by atoms with E-state index in [1.54, 1.807) is 6.92 Å². The molecule has 0 spiro atoms. The Balaban J connectivity index is 1.79. The Labute approximate surface area is 103 Å². The van der Waals surface area contributed by atoms with Crippen LogP contribution in [0.3, 0.4) is 0 Å². The van der Waals surface area contributed by atoms with Gasteiger partial charge in [0.15, 0.2) is 0 Å². The molecule has 0 saturated carbocycles. The number of hydrogen-bond donors (Lipinski definition) is 2. The number of carboxylic acids is 1. The highest BCUT2D eigenvalue weighted by atomic mass is 16.4. The number of nitrogens with zero attached hydrogens (tertiary/aromatic N) is 2. The van der Waals surface area contributed by atoms with Crippen LogP contribution < -0.4 is 5.32 Å². The molecule has 0 radical (unpaired) electrons. The first-order valence-electron chi connectivity index (χ1n) is 6.60. The fourth-order valence-corrected chi connectivity index (χ4v) is 2.84. The fourth-order valence-electron chi connectivity index (χ4n) is 2.84. The molecule has 1 atom stereocenters. The number of nitrogens with one attached hydrogen (secondary N) is 1. The van der Waals surface area contributed by atoms with Gasteiger partial charge in [0, 0.05) is 45.3 Å². The monoisotopic (exact) mass is 241 g/mol. The Hall–Kier alpha value is -0.650. The van der Waals surface area contributed by atoms with Gasteiger partial charge in [-0.2, -0.15) is 0 Å². The molecule has 1 unspecified atom stereocenters. The summed E-state index contributed by atoms with van der Waals surface area (Å²) in [5, 5.41) is 12.4. The van der Waals surface area contributed by atoms with E-state index in [-0.39, 0.29) is 6.04 Å². The molecule has 5 nitrogen and oxygen atoms in total. The van der Waals surface area contributed by atoms with E-state index in [0.717, 1.165) is 52.1 Å². The minimum atomic E-state index is -0.703. The summed E-state index contributed by atoms with van der Waals surface area (Å²) in [7, 11) is 0. The Morgan fingerprint density at radius 2 is 1.82 bits per heavy atom. The van der Waals surface area contributed by atoms with Crippen molar-refractivity contribution in [2.75, 3.05) is 39.3 Å². The number of likely N-dealkylation sites (tertiary alicyclic amines) is 1. The summed E-state index contributed by atoms with van der Waals surface area (Å²) in [6, 6.07) is 0.327. The van der Waals surface area contributed by atoms with Gasteiger partial charge < -0.3 is 10.4 Å². The van der Waals surface area contributed by atoms with Gasteiger partial charge in [-0.1, -0.05) is 0 Å². The van der Waals surface area contributed by atoms with Crippen molar-refractivity contribution in [2.45, 2.75) is 31.8 Å². The third-order valence-corrected chi connectivity index (χ3v) is 4.07. The topological polar surface area (TPSA) is 55.8 Å². The average Bonchev–Trinajstić information content (AvgIpc) is 2.39. The number of piperazine rings is 1. The summed E-state index contributed by atoms with van der Waals surface area (Å²) < 4.78 is 0. The number of carboxylic acid groups (broad SMARTS) is 1. The number of aliphatic carboxylic acids is 1. The van der Waals surface area contributed by atoms with Crippen molar-refractivity contribution >= 4 is 5.97 Å². The van der Waals surface area contributed by atoms with Gasteiger partial charge in [0.25, 0.3) is 0 Å². The van der Waals surface area contributed by atoms with Crippen molar-refractivity contribution in [2.24, 2.45) is 0 Å². The molecular formula is C12H23N3O2. The molecule has 0 bridgehead atoms. The summed E-state index contributed by atoms with van der Waals surface area (Å²) in [4.78, 5) is 15.6. The molecule has 0 amide bonds. The molecule has 0 aromatic rings. The van der Waals surface area contributed by atoms with E-state index in [4.69, 9.17) is 5.11 Å². The Kier molecular flexibility index (Phi) is 4.36. The second kappa shape index (κ2) is 5.80. The lowest BCUT2D eigenvalue weighted by atomic mass is 10.0. The molecule has 2 aliphatic heterocycles. The van der Waals surface area contributed by atoms with Gasteiger partial charge in [0.1, 0.15) is 6.04 Å². The number of piperidine rings is 1. The lowest BCUT2D eigenvalue weighted by molar-refractivity contribution is -0.143. The number of hydrogen-bond acceptors (Lipinski definition) is 4. The van der Waals surface area contributed by atoms with Gasteiger partial charge in [-0.05, 0) is 19.8 Å². The quantitative estimate of drug-likeness (QED) is 0.718. The molecule has 0 aromatic carbocycles. The van der Waals surface area contributed by atoms with Crippen LogP contribution in [0.1, 0.15) is 19.8 Å². The van der Waals surface area contributed by atoms with Crippen molar-refractivity contribution in [1.82, 2.24) is 15.1 Å². The molecule has 2 fully saturated rings. The molecule has 0 aromatic heterocycles. The van der Waals surface area contributed by atoms with Crippen LogP contribution in [0.2, 0.25) is 0 Å². The molecule has 2 N–H and O–H groups in total. The first-order valence-corrected chi connectivity index (χ1v) is 6.60. The van der Waals surface area contributed by atoms with Crippen LogP contribution >= 0.6 is 0 Å². The van der Waals surface area contributed by atoms with Gasteiger partial charge in [-0.15, -0.1) is 0 Å². The summed E-state index contributed by atoms with van der Waals surface area (Å²) in [6.07, 6.45) is 2.22. The first-order chi connectivity index (χ1) is 8.18. The molecule has 17 heavy (non-hydrogen) atoms. The number of rotatable bonds is 3. The smallest absolute Gasteiger partial charge is 0.320 e. The molecule has 2 heterocycles. The first kappa shape index (κ1) is 12.8. The fraction of sp³-hybridized carbons (Fsp3) is 0.917. The van der Waals surface area contributed by atoms with E-state index in [0.29, 0.717) is 6.04 Å². The van der Waals surface area contributed by atoms with Crippen molar-refractivity contribution in [3.63, 3.8) is 0 Å². The third-order valence-electron chi connectivity index (χ3n) is 4.07. The minimum absolute atomic E-state index is 0.334. The zero-order chi connectivity index (χ0) is 12.3. The Morgan fingerprint density at radius 1 is 1.24 bits per heavy atom. The maximum atomic E-state index is 10.9. The van der Waals surface area contributed by atoms with Crippen LogP contribution in [0.5, 0.6) is 0 Å². The summed E-state index contributed by atoms with van der Waals surface area (Å²) in [5.41, 5.74) is 0. The van der Waals surface area contributed by atoms with E-state index >= 15 is 0 Å². The third kappa shape index (κ3) is 3.18. The van der Waals surface area contributed by atoms with Crippen LogP contribution in [-0.2, 0) is 4.79 Å². The molecule has 5 heteroatoms. The lowest BCUT2D eigenvalue weighted by Crippen LogP contribution is -2.53. The SMILES string of the molecule is CC(C(=O)O)N1CCC(N2CCNCC2)CC1. The number of carbonyl (C=O) groups is 1. The lowest BCUT2D eigenvalue weighted by Gasteiger charge is -2.41. The molecule has 2 saturated heterocycles. The predicted molar refractivity (Wildman–Crippen MR) is 66.1 cm³/mol. The maximum Gasteiger partial charge on any atom is 0.320 e. The summed E-state index contributed by atoms with van der Waals surface area (Å²) >= 11 is 0. The van der Waals surface area contributed by atoms with E-state index in [9.17, 15) is 4.79 Å². The van der Waals surface area contributed by atoms with E-state index in [2.05, 4.69) is 15.1 Å². The van der Waals surface area contributed by atoms with Gasteiger partial charge in [-0.3, -0.25) is 14.6 Å². The Morgan fingerprint density at radius 3 is 2.35 bits per heavy atom. The average molecular weight is 241 g/mol. The summed E-state index contributed by atoms with van der Waals surface area (Å²) in [5.74, 6) is -0.703. The zero-order valence-corrected chi connectivity index (χ0v) is 10.6. The van der Waals surface area contributed by atoms with Crippen LogP contribution in [-0.4, -0.2) is 72.2 Å². The minimum Gasteiger partial charge on any atom is -0.480 e. The second-order valence-corrected chi connectivity index (χ2v) is 5.07. The molecule has 2 rings (SSSR count). The normalized spacial score (nSPS) is 26.9. The highest BCUT2D eigenvalue weighted by Crippen LogP contribution is 2.18. The highest BCUT2D eigenvalue weighted by Gasteiger charge is 2.29. The van der Waals surface area contributed by atoms with Crippen LogP contribution in [0, 0.1) is 0 Å². The largest absolute Gasteiger partial charge is 0.480 e. The van der Waals surface area contributed by atoms with Gasteiger partial charge in [0.05, 0.1) is 0 Å². The maximum absolute atomic E-state index is 10.9. The van der Waals surface area contributed by atoms with Gasteiger partial charge >= 0.3 is 5.97 Å². The second-order valence-electron chi connectivity index (χ2n) is 5.07.